The van der Waals surface area contributed by atoms with Gasteiger partial charge in [-0.3, -0.25) is 0 Å². The van der Waals surface area contributed by atoms with Crippen LogP contribution in [0.3, 0.4) is 0 Å². The van der Waals surface area contributed by atoms with E-state index in [0.717, 1.165) is 0 Å². The van der Waals surface area contributed by atoms with Gasteiger partial charge >= 0.3 is 0 Å². The maximum Gasteiger partial charge on any atom is -0.00329 e. The fraction of sp³-hybridized carbons (Fsp3) is 0.125. The van der Waals surface area contributed by atoms with E-state index >= 15 is 0 Å². The summed E-state index contributed by atoms with van der Waals surface area (Å²) < 4.78 is 0. The van der Waals surface area contributed by atoms with E-state index in [4.69, 9.17) is 0 Å². The van der Waals surface area contributed by atoms with Gasteiger partial charge in [-0.05, 0) is 40.6 Å². The molecule has 0 atom stereocenters. The molecule has 0 heteroatoms. The highest BCUT2D eigenvalue weighted by Crippen LogP contribution is 2.24. The van der Waals surface area contributed by atoms with Crippen molar-refractivity contribution < 1.29 is 0 Å². The highest BCUT2D eigenvalue weighted by molar-refractivity contribution is 6.10. The molecule has 3 aromatic carbocycles. The normalized spacial score (nSPS) is 11.1. The summed E-state index contributed by atoms with van der Waals surface area (Å²) in [4.78, 5) is 0. The zero-order chi connectivity index (χ0) is 11.1. The van der Waals surface area contributed by atoms with Crippen LogP contribution < -0.4 is 5.22 Å². The van der Waals surface area contributed by atoms with Crippen LogP contribution in [0, 0.1) is 0 Å². The predicted molar refractivity (Wildman–Crippen MR) is 71.4 cm³/mol. The van der Waals surface area contributed by atoms with Crippen LogP contribution in [0.1, 0.15) is 13.8 Å². The zero-order valence-electron chi connectivity index (χ0n) is 9.62. The number of hydrogen-bond donors (Lipinski definition) is 0. The third-order valence-electron chi connectivity index (χ3n) is 3.20. The molecule has 0 amide bonds. The maximum absolute atomic E-state index is 2.23. The van der Waals surface area contributed by atoms with E-state index in [1.54, 1.807) is 0 Å². The average Bonchev–Trinajstić information content (AvgIpc) is 2.30. The van der Waals surface area contributed by atoms with Crippen molar-refractivity contribution in [1.29, 1.82) is 0 Å². The first kappa shape index (κ1) is 9.41. The van der Waals surface area contributed by atoms with Crippen molar-refractivity contribution in [3.63, 3.8) is 0 Å². The fourth-order valence-corrected chi connectivity index (χ4v) is 2.43. The molecule has 0 unspecified atom stereocenters. The summed E-state index contributed by atoms with van der Waals surface area (Å²) in [6.07, 6.45) is 0. The molecule has 3 rings (SSSR count). The topological polar surface area (TPSA) is 0 Å². The van der Waals surface area contributed by atoms with Crippen molar-refractivity contribution in [3.05, 3.63) is 53.7 Å². The van der Waals surface area contributed by atoms with Crippen molar-refractivity contribution >= 4 is 27.1 Å². The van der Waals surface area contributed by atoms with Gasteiger partial charge in [-0.15, -0.1) is 0 Å². The first-order chi connectivity index (χ1) is 7.77. The van der Waals surface area contributed by atoms with Crippen LogP contribution in [0.4, 0.5) is 0 Å². The lowest BCUT2D eigenvalue weighted by Crippen LogP contribution is -2.04. The first-order valence-electron chi connectivity index (χ1n) is 5.65. The van der Waals surface area contributed by atoms with Gasteiger partial charge in [-0.2, -0.15) is 0 Å². The summed E-state index contributed by atoms with van der Waals surface area (Å²) in [5.41, 5.74) is 1.37. The molecular weight excluding hydrogens is 192 g/mol. The molecule has 0 bridgehead atoms. The molecule has 0 nitrogen and oxygen atoms in total. The summed E-state index contributed by atoms with van der Waals surface area (Å²) in [7, 11) is 0. The van der Waals surface area contributed by atoms with Gasteiger partial charge in [0, 0.05) is 0 Å². The van der Waals surface area contributed by atoms with Crippen molar-refractivity contribution in [2.45, 2.75) is 13.8 Å². The molecule has 0 heterocycles. The van der Waals surface area contributed by atoms with E-state index in [9.17, 15) is 0 Å². The monoisotopic (exact) mass is 206 g/mol. The number of rotatable bonds is 0. The van der Waals surface area contributed by atoms with E-state index < -0.39 is 0 Å². The smallest absolute Gasteiger partial charge is 0.00329 e. The van der Waals surface area contributed by atoms with E-state index in [1.807, 2.05) is 0 Å². The van der Waals surface area contributed by atoms with E-state index in [1.165, 1.54) is 32.3 Å². The summed E-state index contributed by atoms with van der Waals surface area (Å²) in [5.74, 6) is 0. The zero-order valence-corrected chi connectivity index (χ0v) is 9.62. The Morgan fingerprint density at radius 3 is 2.06 bits per heavy atom. The molecule has 3 aromatic rings. The van der Waals surface area contributed by atoms with Crippen LogP contribution in [-0.2, 0) is 0 Å². The standard InChI is InChI=1S/C16H14/c1-11(2)14-10-9-13-6-3-5-12-7-4-8-15(14)16(12)13/h3-10H,1-2H3. The Kier molecular flexibility index (Phi) is 1.97. The van der Waals surface area contributed by atoms with Gasteiger partial charge in [0.25, 0.3) is 0 Å². The van der Waals surface area contributed by atoms with E-state index in [2.05, 4.69) is 62.4 Å². The number of hydrogen-bond acceptors (Lipinski definition) is 0. The second-order valence-corrected chi connectivity index (χ2v) is 4.50. The van der Waals surface area contributed by atoms with Gasteiger partial charge < -0.3 is 0 Å². The third kappa shape index (κ3) is 1.23. The molecule has 0 saturated heterocycles. The second-order valence-electron chi connectivity index (χ2n) is 4.50. The van der Waals surface area contributed by atoms with E-state index in [0.29, 0.717) is 0 Å². The van der Waals surface area contributed by atoms with Gasteiger partial charge in [-0.25, -0.2) is 0 Å². The minimum absolute atomic E-state index is 1.33. The lowest BCUT2D eigenvalue weighted by Gasteiger charge is -2.06. The average molecular weight is 206 g/mol. The Hall–Kier alpha value is -1.82. The Morgan fingerprint density at radius 1 is 0.750 bits per heavy atom. The van der Waals surface area contributed by atoms with Crippen LogP contribution in [0.15, 0.2) is 48.5 Å². The molecule has 0 spiro atoms. The second kappa shape index (κ2) is 3.34. The van der Waals surface area contributed by atoms with Crippen LogP contribution >= 0.6 is 0 Å². The first-order valence-corrected chi connectivity index (χ1v) is 5.65. The van der Waals surface area contributed by atoms with Gasteiger partial charge in [0.05, 0.1) is 0 Å². The Bertz CT molecular complexity index is 693. The Balaban J connectivity index is 2.72. The minimum atomic E-state index is 1.33. The molecule has 0 aliphatic heterocycles. The predicted octanol–water partition coefficient (Wildman–Crippen LogP) is 3.90. The quantitative estimate of drug-likeness (QED) is 0.523. The van der Waals surface area contributed by atoms with Crippen LogP contribution in [0.2, 0.25) is 0 Å². The molecule has 0 aliphatic carbocycles. The molecule has 16 heavy (non-hydrogen) atoms. The largest absolute Gasteiger partial charge is 0.0686 e. The summed E-state index contributed by atoms with van der Waals surface area (Å²) in [6, 6.07) is 17.5. The van der Waals surface area contributed by atoms with Crippen molar-refractivity contribution in [1.82, 2.24) is 0 Å². The van der Waals surface area contributed by atoms with Crippen molar-refractivity contribution in [2.24, 2.45) is 0 Å². The highest BCUT2D eigenvalue weighted by atomic mass is 14.1. The lowest BCUT2D eigenvalue weighted by molar-refractivity contribution is 1.54. The molecule has 0 N–H and O–H groups in total. The number of benzene rings is 3. The minimum Gasteiger partial charge on any atom is -0.0686 e. The van der Waals surface area contributed by atoms with Crippen LogP contribution in [0.25, 0.3) is 27.1 Å². The summed E-state index contributed by atoms with van der Waals surface area (Å²) in [6.45, 7) is 4.35. The van der Waals surface area contributed by atoms with E-state index in [-0.39, 0.29) is 0 Å². The van der Waals surface area contributed by atoms with Gasteiger partial charge in [0.15, 0.2) is 0 Å². The summed E-state index contributed by atoms with van der Waals surface area (Å²) in [5, 5.41) is 6.79. The molecule has 0 aliphatic rings. The highest BCUT2D eigenvalue weighted by Gasteiger charge is 2.02. The van der Waals surface area contributed by atoms with Crippen LogP contribution in [0.5, 0.6) is 0 Å². The molecule has 0 fully saturated rings. The van der Waals surface area contributed by atoms with Crippen molar-refractivity contribution in [3.8, 4) is 0 Å². The van der Waals surface area contributed by atoms with Gasteiger partial charge in [0.2, 0.25) is 0 Å². The molecular formula is C16H14. The fourth-order valence-electron chi connectivity index (χ4n) is 2.43. The lowest BCUT2D eigenvalue weighted by atomic mass is 9.98. The van der Waals surface area contributed by atoms with Crippen molar-refractivity contribution in [2.75, 3.05) is 0 Å². The third-order valence-corrected chi connectivity index (χ3v) is 3.20. The maximum atomic E-state index is 2.23. The summed E-state index contributed by atoms with van der Waals surface area (Å²) >= 11 is 0. The Morgan fingerprint density at radius 2 is 1.38 bits per heavy atom. The molecule has 0 aromatic heterocycles. The SMILES string of the molecule is CC(C)=c1ccc2cccc3cccc1c32. The van der Waals surface area contributed by atoms with Gasteiger partial charge in [0.1, 0.15) is 0 Å². The molecule has 0 saturated carbocycles. The molecule has 78 valence electrons. The van der Waals surface area contributed by atoms with Crippen LogP contribution in [-0.4, -0.2) is 0 Å². The Labute approximate surface area is 95.2 Å². The van der Waals surface area contributed by atoms with Gasteiger partial charge in [-0.1, -0.05) is 54.1 Å². The molecule has 0 radical (unpaired) electrons.